The third-order valence-electron chi connectivity index (χ3n) is 7.89. The first-order valence-electron chi connectivity index (χ1n) is 14.8. The molecule has 44 heavy (non-hydrogen) atoms. The minimum Gasteiger partial charge on any atom is -0.497 e. The molecule has 1 saturated carbocycles. The molecule has 0 spiro atoms. The van der Waals surface area contributed by atoms with Gasteiger partial charge >= 0.3 is 0 Å². The molecule has 0 bridgehead atoms. The van der Waals surface area contributed by atoms with Crippen LogP contribution in [-0.4, -0.2) is 58.0 Å². The van der Waals surface area contributed by atoms with Gasteiger partial charge in [0.05, 0.1) is 24.8 Å². The number of benzene rings is 3. The van der Waals surface area contributed by atoms with Gasteiger partial charge in [-0.15, -0.1) is 0 Å². The standard InChI is InChI=1S/C33H40FN3O6S/c1-4-31(33(39)35-26-8-6-5-7-9-26)36(22-24-10-16-28(42-2)17-11-24)32(38)23-37(27-14-12-25(34)13-15-27)44(40,41)30-20-18-29(43-3)19-21-30/h10-21,26,31H,4-9,22-23H2,1-3H3,(H,35,39)/t31-/m0/s1. The lowest BCUT2D eigenvalue weighted by Gasteiger charge is -2.34. The Balaban J connectivity index is 1.70. The molecule has 3 aromatic rings. The summed E-state index contributed by atoms with van der Waals surface area (Å²) in [5, 5.41) is 3.13. The fourth-order valence-electron chi connectivity index (χ4n) is 5.40. The van der Waals surface area contributed by atoms with E-state index in [0.717, 1.165) is 54.1 Å². The molecule has 0 aromatic heterocycles. The third kappa shape index (κ3) is 8.07. The molecule has 0 aliphatic heterocycles. The largest absolute Gasteiger partial charge is 0.497 e. The second-order valence-electron chi connectivity index (χ2n) is 10.8. The molecule has 1 fully saturated rings. The van der Waals surface area contributed by atoms with E-state index in [-0.39, 0.29) is 29.1 Å². The zero-order valence-electron chi connectivity index (χ0n) is 25.4. The van der Waals surface area contributed by atoms with Crippen LogP contribution in [0.4, 0.5) is 10.1 Å². The lowest BCUT2D eigenvalue weighted by molar-refractivity contribution is -0.140. The second-order valence-corrected chi connectivity index (χ2v) is 12.7. The molecule has 0 radical (unpaired) electrons. The second kappa shape index (κ2) is 15.1. The number of carbonyl (C=O) groups excluding carboxylic acids is 2. The van der Waals surface area contributed by atoms with Crippen molar-refractivity contribution >= 4 is 27.5 Å². The highest BCUT2D eigenvalue weighted by Crippen LogP contribution is 2.27. The summed E-state index contributed by atoms with van der Waals surface area (Å²) < 4.78 is 53.2. The molecule has 11 heteroatoms. The SMILES string of the molecule is CC[C@@H](C(=O)NC1CCCCC1)N(Cc1ccc(OC)cc1)C(=O)CN(c1ccc(F)cc1)S(=O)(=O)c1ccc(OC)cc1. The number of amides is 2. The van der Waals surface area contributed by atoms with E-state index < -0.39 is 34.3 Å². The smallest absolute Gasteiger partial charge is 0.264 e. The Morgan fingerprint density at radius 1 is 0.886 bits per heavy atom. The molecule has 0 heterocycles. The van der Waals surface area contributed by atoms with Crippen molar-refractivity contribution in [2.75, 3.05) is 25.1 Å². The van der Waals surface area contributed by atoms with Crippen molar-refractivity contribution in [1.29, 1.82) is 0 Å². The van der Waals surface area contributed by atoms with Gasteiger partial charge < -0.3 is 19.7 Å². The van der Waals surface area contributed by atoms with Crippen LogP contribution >= 0.6 is 0 Å². The van der Waals surface area contributed by atoms with E-state index in [4.69, 9.17) is 9.47 Å². The van der Waals surface area contributed by atoms with Gasteiger partial charge in [-0.25, -0.2) is 12.8 Å². The van der Waals surface area contributed by atoms with Gasteiger partial charge in [0, 0.05) is 12.6 Å². The summed E-state index contributed by atoms with van der Waals surface area (Å²) >= 11 is 0. The Labute approximate surface area is 259 Å². The fourth-order valence-corrected chi connectivity index (χ4v) is 6.82. The lowest BCUT2D eigenvalue weighted by atomic mass is 9.95. The van der Waals surface area contributed by atoms with Crippen LogP contribution in [-0.2, 0) is 26.2 Å². The van der Waals surface area contributed by atoms with Crippen molar-refractivity contribution in [1.82, 2.24) is 10.2 Å². The van der Waals surface area contributed by atoms with Crippen LogP contribution in [0.25, 0.3) is 0 Å². The molecule has 2 amide bonds. The molecule has 1 N–H and O–H groups in total. The minimum absolute atomic E-state index is 0.0365. The first kappa shape index (κ1) is 32.8. The van der Waals surface area contributed by atoms with E-state index in [1.54, 1.807) is 31.4 Å². The van der Waals surface area contributed by atoms with Crippen molar-refractivity contribution in [3.8, 4) is 11.5 Å². The van der Waals surface area contributed by atoms with E-state index >= 15 is 0 Å². The average Bonchev–Trinajstić information content (AvgIpc) is 3.04. The molecule has 3 aromatic carbocycles. The molecule has 0 unspecified atom stereocenters. The number of anilines is 1. The monoisotopic (exact) mass is 625 g/mol. The van der Waals surface area contributed by atoms with Gasteiger partial charge in [0.1, 0.15) is 29.9 Å². The highest BCUT2D eigenvalue weighted by atomic mass is 32.2. The van der Waals surface area contributed by atoms with Crippen molar-refractivity contribution < 1.29 is 31.9 Å². The van der Waals surface area contributed by atoms with Gasteiger partial charge in [-0.2, -0.15) is 0 Å². The predicted octanol–water partition coefficient (Wildman–Crippen LogP) is 5.29. The Bertz CT molecular complexity index is 1490. The minimum atomic E-state index is -4.29. The summed E-state index contributed by atoms with van der Waals surface area (Å²) in [6.07, 6.45) is 5.29. The number of methoxy groups -OCH3 is 2. The Kier molecular flexibility index (Phi) is 11.2. The Morgan fingerprint density at radius 2 is 1.45 bits per heavy atom. The van der Waals surface area contributed by atoms with Gasteiger partial charge in [0.25, 0.3) is 10.0 Å². The van der Waals surface area contributed by atoms with Crippen LogP contribution in [0.5, 0.6) is 11.5 Å². The predicted molar refractivity (Wildman–Crippen MR) is 167 cm³/mol. The number of ether oxygens (including phenoxy) is 2. The van der Waals surface area contributed by atoms with E-state index in [1.807, 2.05) is 6.92 Å². The van der Waals surface area contributed by atoms with E-state index in [9.17, 15) is 22.4 Å². The molecule has 1 aliphatic rings. The van der Waals surface area contributed by atoms with Crippen LogP contribution in [0, 0.1) is 5.82 Å². The summed E-state index contributed by atoms with van der Waals surface area (Å²) in [6, 6.07) is 17.0. The molecular formula is C33H40FN3O6S. The number of halogens is 1. The maximum Gasteiger partial charge on any atom is 0.264 e. The number of nitrogens with zero attached hydrogens (tertiary/aromatic N) is 2. The Morgan fingerprint density at radius 3 is 2.00 bits per heavy atom. The van der Waals surface area contributed by atoms with Gasteiger partial charge in [0.2, 0.25) is 11.8 Å². The highest BCUT2D eigenvalue weighted by Gasteiger charge is 2.34. The number of hydrogen-bond donors (Lipinski definition) is 1. The zero-order chi connectivity index (χ0) is 31.7. The number of hydrogen-bond acceptors (Lipinski definition) is 6. The van der Waals surface area contributed by atoms with Crippen molar-refractivity contribution in [3.05, 3.63) is 84.2 Å². The summed E-state index contributed by atoms with van der Waals surface area (Å²) in [6.45, 7) is 1.29. The summed E-state index contributed by atoms with van der Waals surface area (Å²) in [7, 11) is -1.26. The topological polar surface area (TPSA) is 105 Å². The number of carbonyl (C=O) groups is 2. The van der Waals surface area contributed by atoms with Crippen LogP contribution in [0.3, 0.4) is 0 Å². The summed E-state index contributed by atoms with van der Waals surface area (Å²) in [5.41, 5.74) is 0.856. The zero-order valence-corrected chi connectivity index (χ0v) is 26.2. The third-order valence-corrected chi connectivity index (χ3v) is 9.68. The quantitative estimate of drug-likeness (QED) is 0.277. The van der Waals surface area contributed by atoms with Crippen LogP contribution in [0.2, 0.25) is 0 Å². The van der Waals surface area contributed by atoms with Crippen molar-refractivity contribution in [2.24, 2.45) is 0 Å². The fraction of sp³-hybridized carbons (Fsp3) is 0.394. The lowest BCUT2D eigenvalue weighted by Crippen LogP contribution is -2.54. The van der Waals surface area contributed by atoms with Crippen molar-refractivity contribution in [2.45, 2.75) is 69.0 Å². The first-order chi connectivity index (χ1) is 21.2. The Hall–Kier alpha value is -4.12. The highest BCUT2D eigenvalue weighted by molar-refractivity contribution is 7.92. The van der Waals surface area contributed by atoms with Gasteiger partial charge in [-0.3, -0.25) is 13.9 Å². The van der Waals surface area contributed by atoms with Crippen LogP contribution in [0.1, 0.15) is 51.0 Å². The number of nitrogens with one attached hydrogen (secondary N) is 1. The molecule has 4 rings (SSSR count). The molecular weight excluding hydrogens is 585 g/mol. The van der Waals surface area contributed by atoms with Gasteiger partial charge in [0.15, 0.2) is 0 Å². The normalized spacial score (nSPS) is 14.4. The van der Waals surface area contributed by atoms with E-state index in [1.165, 1.54) is 48.4 Å². The van der Waals surface area contributed by atoms with Crippen molar-refractivity contribution in [3.63, 3.8) is 0 Å². The average molecular weight is 626 g/mol. The summed E-state index contributed by atoms with van der Waals surface area (Å²) in [5.74, 6) is -0.288. The number of sulfonamides is 1. The van der Waals surface area contributed by atoms with Gasteiger partial charge in [-0.05, 0) is 85.5 Å². The number of rotatable bonds is 13. The van der Waals surface area contributed by atoms with E-state index in [0.29, 0.717) is 17.9 Å². The van der Waals surface area contributed by atoms with Gasteiger partial charge in [-0.1, -0.05) is 38.3 Å². The molecule has 9 nitrogen and oxygen atoms in total. The first-order valence-corrected chi connectivity index (χ1v) is 16.3. The maximum absolute atomic E-state index is 14.2. The van der Waals surface area contributed by atoms with Crippen LogP contribution in [0.15, 0.2) is 77.7 Å². The molecule has 1 aliphatic carbocycles. The molecule has 1 atom stereocenters. The maximum atomic E-state index is 14.2. The summed E-state index contributed by atoms with van der Waals surface area (Å²) in [4.78, 5) is 29.2. The van der Waals surface area contributed by atoms with Crippen LogP contribution < -0.4 is 19.1 Å². The van der Waals surface area contributed by atoms with E-state index in [2.05, 4.69) is 5.32 Å². The molecule has 0 saturated heterocycles. The molecule has 236 valence electrons.